The van der Waals surface area contributed by atoms with Crippen LogP contribution in [0.5, 0.6) is 17.8 Å². The molecule has 0 atom stereocenters. The van der Waals surface area contributed by atoms with Crippen LogP contribution in [-0.2, 0) is 0 Å². The Bertz CT molecular complexity index is 495. The lowest BCUT2D eigenvalue weighted by Gasteiger charge is -2.05. The van der Waals surface area contributed by atoms with Gasteiger partial charge in [-0.15, -0.1) is 4.98 Å². The molecular weight excluding hydrogens is 244 g/mol. The normalized spacial score (nSPS) is 10.0. The maximum Gasteiger partial charge on any atom is 0.329 e. The molecule has 0 aliphatic rings. The van der Waals surface area contributed by atoms with Crippen molar-refractivity contribution in [1.29, 1.82) is 0 Å². The fourth-order valence-electron chi connectivity index (χ4n) is 1.07. The van der Waals surface area contributed by atoms with Gasteiger partial charge in [0.05, 0.1) is 12.8 Å². The summed E-state index contributed by atoms with van der Waals surface area (Å²) in [5, 5.41) is 0.0161. The second-order valence-electron chi connectivity index (χ2n) is 2.89. The van der Waals surface area contributed by atoms with Gasteiger partial charge in [-0.1, -0.05) is 0 Å². The van der Waals surface area contributed by atoms with E-state index in [0.717, 1.165) is 0 Å². The van der Waals surface area contributed by atoms with Gasteiger partial charge in [-0.25, -0.2) is 0 Å². The van der Waals surface area contributed by atoms with E-state index in [0.29, 0.717) is 12.4 Å². The van der Waals surface area contributed by atoms with E-state index in [1.165, 1.54) is 6.20 Å². The lowest BCUT2D eigenvalue weighted by Crippen LogP contribution is -2.01. The molecule has 0 aliphatic heterocycles. The van der Waals surface area contributed by atoms with Crippen molar-refractivity contribution in [2.75, 3.05) is 6.61 Å². The largest absolute Gasteiger partial charge is 0.464 e. The van der Waals surface area contributed by atoms with E-state index in [4.69, 9.17) is 21.1 Å². The molecule has 0 unspecified atom stereocenters. The Morgan fingerprint density at radius 2 is 2.06 bits per heavy atom. The highest BCUT2D eigenvalue weighted by atomic mass is 35.5. The second kappa shape index (κ2) is 5.40. The van der Waals surface area contributed by atoms with E-state index in [2.05, 4.69) is 19.9 Å². The molecule has 0 radical (unpaired) electrons. The maximum atomic E-state index is 5.71. The van der Waals surface area contributed by atoms with Gasteiger partial charge in [-0.05, 0) is 30.7 Å². The van der Waals surface area contributed by atoms with Crippen molar-refractivity contribution in [2.45, 2.75) is 6.92 Å². The molecule has 0 saturated carbocycles. The average molecular weight is 253 g/mol. The zero-order valence-electron chi connectivity index (χ0n) is 9.00. The van der Waals surface area contributed by atoms with Crippen LogP contribution in [0.1, 0.15) is 6.92 Å². The Morgan fingerprint density at radius 3 is 2.76 bits per heavy atom. The minimum atomic E-state index is 0.0161. The molecule has 0 aromatic carbocycles. The minimum absolute atomic E-state index is 0.0161. The summed E-state index contributed by atoms with van der Waals surface area (Å²) in [6.07, 6.45) is 3.18. The van der Waals surface area contributed by atoms with Crippen LogP contribution in [0.25, 0.3) is 0 Å². The minimum Gasteiger partial charge on any atom is -0.464 e. The zero-order valence-corrected chi connectivity index (χ0v) is 9.76. The fourth-order valence-corrected chi connectivity index (χ4v) is 1.21. The highest BCUT2D eigenvalue weighted by Crippen LogP contribution is 2.19. The van der Waals surface area contributed by atoms with Crippen molar-refractivity contribution in [1.82, 2.24) is 19.9 Å². The maximum absolute atomic E-state index is 5.71. The predicted octanol–water partition coefficient (Wildman–Crippen LogP) is 2.11. The first kappa shape index (κ1) is 11.5. The summed E-state index contributed by atoms with van der Waals surface area (Å²) in [6, 6.07) is 3.67. The zero-order chi connectivity index (χ0) is 12.1. The van der Waals surface area contributed by atoms with Crippen LogP contribution in [0.2, 0.25) is 5.28 Å². The Hall–Kier alpha value is -1.95. The van der Waals surface area contributed by atoms with Crippen molar-refractivity contribution in [3.63, 3.8) is 0 Å². The Kier molecular flexibility index (Phi) is 3.66. The molecule has 2 rings (SSSR count). The molecular formula is C10H9ClN4O2. The van der Waals surface area contributed by atoms with E-state index < -0.39 is 0 Å². The third-order valence-corrected chi connectivity index (χ3v) is 1.85. The van der Waals surface area contributed by atoms with Gasteiger partial charge in [-0.2, -0.15) is 9.97 Å². The van der Waals surface area contributed by atoms with E-state index in [9.17, 15) is 0 Å². The molecule has 2 aromatic rings. The summed E-state index contributed by atoms with van der Waals surface area (Å²) in [5.74, 6) is 0.511. The molecule has 6 nitrogen and oxygen atoms in total. The first-order valence-corrected chi connectivity index (χ1v) is 5.28. The van der Waals surface area contributed by atoms with Crippen molar-refractivity contribution in [3.8, 4) is 17.8 Å². The summed E-state index contributed by atoms with van der Waals surface area (Å²) in [4.78, 5) is 15.5. The molecule has 0 spiro atoms. The first-order chi connectivity index (χ1) is 8.28. The lowest BCUT2D eigenvalue weighted by atomic mass is 10.5. The Balaban J connectivity index is 2.21. The standard InChI is InChI=1S/C10H9ClN4O2/c1-2-16-9-13-8(11)14-10(15-9)17-7-4-3-5-12-6-7/h3-6H,2H2,1H3. The summed E-state index contributed by atoms with van der Waals surface area (Å²) in [7, 11) is 0. The van der Waals surface area contributed by atoms with Crippen LogP contribution >= 0.6 is 11.6 Å². The van der Waals surface area contributed by atoms with E-state index >= 15 is 0 Å². The van der Waals surface area contributed by atoms with Crippen LogP contribution in [0.3, 0.4) is 0 Å². The van der Waals surface area contributed by atoms with Gasteiger partial charge in [0.2, 0.25) is 5.28 Å². The van der Waals surface area contributed by atoms with Gasteiger partial charge in [0, 0.05) is 6.20 Å². The molecule has 0 amide bonds. The number of aromatic nitrogens is 4. The third-order valence-electron chi connectivity index (χ3n) is 1.68. The number of rotatable bonds is 4. The van der Waals surface area contributed by atoms with Crippen LogP contribution < -0.4 is 9.47 Å². The summed E-state index contributed by atoms with van der Waals surface area (Å²) in [5.41, 5.74) is 0. The summed E-state index contributed by atoms with van der Waals surface area (Å²) in [6.45, 7) is 2.26. The van der Waals surface area contributed by atoms with Crippen LogP contribution in [-0.4, -0.2) is 26.5 Å². The molecule has 0 aliphatic carbocycles. The molecule has 0 N–H and O–H groups in total. The molecule has 0 saturated heterocycles. The molecule has 88 valence electrons. The van der Waals surface area contributed by atoms with Gasteiger partial charge >= 0.3 is 12.0 Å². The monoisotopic (exact) mass is 252 g/mol. The lowest BCUT2D eigenvalue weighted by molar-refractivity contribution is 0.303. The summed E-state index contributed by atoms with van der Waals surface area (Å²) >= 11 is 5.71. The summed E-state index contributed by atoms with van der Waals surface area (Å²) < 4.78 is 10.5. The Labute approximate surface area is 103 Å². The van der Waals surface area contributed by atoms with Gasteiger partial charge in [-0.3, -0.25) is 4.98 Å². The third kappa shape index (κ3) is 3.25. The number of ether oxygens (including phenoxy) is 2. The van der Waals surface area contributed by atoms with E-state index in [1.54, 1.807) is 18.3 Å². The highest BCUT2D eigenvalue weighted by Gasteiger charge is 2.07. The fraction of sp³-hybridized carbons (Fsp3) is 0.200. The molecule has 2 aromatic heterocycles. The van der Waals surface area contributed by atoms with Crippen LogP contribution in [0.4, 0.5) is 0 Å². The number of hydrogen-bond acceptors (Lipinski definition) is 6. The molecule has 0 fully saturated rings. The van der Waals surface area contributed by atoms with Crippen molar-refractivity contribution < 1.29 is 9.47 Å². The van der Waals surface area contributed by atoms with Gasteiger partial charge < -0.3 is 9.47 Å². The molecule has 0 bridgehead atoms. The van der Waals surface area contributed by atoms with Gasteiger partial charge in [0.25, 0.3) is 0 Å². The molecule has 17 heavy (non-hydrogen) atoms. The van der Waals surface area contributed by atoms with Crippen molar-refractivity contribution in [3.05, 3.63) is 29.8 Å². The number of nitrogens with zero attached hydrogens (tertiary/aromatic N) is 4. The average Bonchev–Trinajstić information content (AvgIpc) is 2.30. The topological polar surface area (TPSA) is 70.0 Å². The number of pyridine rings is 1. The van der Waals surface area contributed by atoms with E-state index in [1.807, 2.05) is 6.92 Å². The SMILES string of the molecule is CCOc1nc(Cl)nc(Oc2cccnc2)n1. The number of hydrogen-bond donors (Lipinski definition) is 0. The smallest absolute Gasteiger partial charge is 0.329 e. The van der Waals surface area contributed by atoms with Gasteiger partial charge in [0.1, 0.15) is 5.75 Å². The molecule has 2 heterocycles. The van der Waals surface area contributed by atoms with Crippen LogP contribution in [0, 0.1) is 0 Å². The number of halogens is 1. The first-order valence-electron chi connectivity index (χ1n) is 4.90. The van der Waals surface area contributed by atoms with E-state index in [-0.39, 0.29) is 17.3 Å². The van der Waals surface area contributed by atoms with Gasteiger partial charge in [0.15, 0.2) is 0 Å². The highest BCUT2D eigenvalue weighted by molar-refractivity contribution is 6.28. The predicted molar refractivity (Wildman–Crippen MR) is 60.3 cm³/mol. The Morgan fingerprint density at radius 1 is 1.24 bits per heavy atom. The molecule has 7 heteroatoms. The van der Waals surface area contributed by atoms with Crippen LogP contribution in [0.15, 0.2) is 24.5 Å². The van der Waals surface area contributed by atoms with Crippen molar-refractivity contribution in [2.24, 2.45) is 0 Å². The quantitative estimate of drug-likeness (QED) is 0.830. The second-order valence-corrected chi connectivity index (χ2v) is 3.23. The van der Waals surface area contributed by atoms with Crippen molar-refractivity contribution >= 4 is 11.6 Å².